The van der Waals surface area contributed by atoms with Crippen LogP contribution in [0, 0.1) is 0 Å². The van der Waals surface area contributed by atoms with E-state index in [1.807, 2.05) is 0 Å². The first-order chi connectivity index (χ1) is 10.8. The van der Waals surface area contributed by atoms with Gasteiger partial charge in [0, 0.05) is 12.5 Å². The standard InChI is InChI=1S/C20H40N2/c1-3-4-5-6-7-8-9-10-11-12-13-14-15-16-17-20-21-18-19(2)22-20/h19H,3-18H2,1-2H3,(H,21,22). The van der Waals surface area contributed by atoms with Crippen LogP contribution >= 0.6 is 0 Å². The van der Waals surface area contributed by atoms with E-state index in [1.54, 1.807) is 0 Å². The Morgan fingerprint density at radius 2 is 1.23 bits per heavy atom. The summed E-state index contributed by atoms with van der Waals surface area (Å²) in [6.07, 6.45) is 21.2. The number of aliphatic imine (C=N–C) groups is 1. The summed E-state index contributed by atoms with van der Waals surface area (Å²) in [4.78, 5) is 4.52. The summed E-state index contributed by atoms with van der Waals surface area (Å²) in [5, 5.41) is 3.45. The minimum absolute atomic E-state index is 0.571. The first kappa shape index (κ1) is 19.5. The van der Waals surface area contributed by atoms with Crippen molar-refractivity contribution in [1.82, 2.24) is 5.32 Å². The number of rotatable bonds is 15. The maximum absolute atomic E-state index is 4.52. The predicted molar refractivity (Wildman–Crippen MR) is 99.8 cm³/mol. The summed E-state index contributed by atoms with van der Waals surface area (Å²) in [6, 6.07) is 0.571. The van der Waals surface area contributed by atoms with Gasteiger partial charge in [0.1, 0.15) is 0 Å². The fourth-order valence-electron chi connectivity index (χ4n) is 3.26. The van der Waals surface area contributed by atoms with Gasteiger partial charge in [0.15, 0.2) is 0 Å². The fraction of sp³-hybridized carbons (Fsp3) is 0.950. The Hall–Kier alpha value is -0.530. The largest absolute Gasteiger partial charge is 0.370 e. The minimum Gasteiger partial charge on any atom is -0.370 e. The molecule has 1 rings (SSSR count). The van der Waals surface area contributed by atoms with E-state index in [1.165, 1.54) is 102 Å². The number of hydrogen-bond donors (Lipinski definition) is 1. The number of unbranched alkanes of at least 4 members (excludes halogenated alkanes) is 13. The molecule has 2 heteroatoms. The monoisotopic (exact) mass is 308 g/mol. The van der Waals surface area contributed by atoms with Crippen LogP contribution in [0.15, 0.2) is 4.99 Å². The lowest BCUT2D eigenvalue weighted by Crippen LogP contribution is -2.26. The van der Waals surface area contributed by atoms with Crippen LogP contribution in [0.4, 0.5) is 0 Å². The van der Waals surface area contributed by atoms with E-state index < -0.39 is 0 Å². The molecule has 0 spiro atoms. The summed E-state index contributed by atoms with van der Waals surface area (Å²) in [7, 11) is 0. The van der Waals surface area contributed by atoms with Crippen molar-refractivity contribution < 1.29 is 0 Å². The molecule has 1 unspecified atom stereocenters. The quantitative estimate of drug-likeness (QED) is 0.355. The van der Waals surface area contributed by atoms with Gasteiger partial charge in [0.2, 0.25) is 0 Å². The SMILES string of the molecule is CCCCCCCCCCCCCCCCC1=NCC(C)N1. The van der Waals surface area contributed by atoms with Crippen molar-refractivity contribution >= 4 is 5.84 Å². The van der Waals surface area contributed by atoms with Gasteiger partial charge >= 0.3 is 0 Å². The van der Waals surface area contributed by atoms with E-state index in [4.69, 9.17) is 0 Å². The lowest BCUT2D eigenvalue weighted by Gasteiger charge is -2.06. The predicted octanol–water partition coefficient (Wildman–Crippen LogP) is 6.25. The Morgan fingerprint density at radius 3 is 1.64 bits per heavy atom. The number of amidine groups is 1. The normalized spacial score (nSPS) is 17.5. The van der Waals surface area contributed by atoms with Crippen molar-refractivity contribution in [1.29, 1.82) is 0 Å². The van der Waals surface area contributed by atoms with E-state index in [9.17, 15) is 0 Å². The van der Waals surface area contributed by atoms with Crippen LogP contribution in [0.2, 0.25) is 0 Å². The zero-order valence-corrected chi connectivity index (χ0v) is 15.3. The Morgan fingerprint density at radius 1 is 0.773 bits per heavy atom. The Kier molecular flexibility index (Phi) is 12.5. The Balaban J connectivity index is 1.70. The molecule has 1 aliphatic heterocycles. The van der Waals surface area contributed by atoms with Crippen molar-refractivity contribution in [3.05, 3.63) is 0 Å². The van der Waals surface area contributed by atoms with Crippen LogP contribution in [0.25, 0.3) is 0 Å². The van der Waals surface area contributed by atoms with Gasteiger partial charge in [-0.05, 0) is 13.3 Å². The van der Waals surface area contributed by atoms with Gasteiger partial charge < -0.3 is 5.32 Å². The molecule has 0 amide bonds. The van der Waals surface area contributed by atoms with E-state index in [0.717, 1.165) is 6.54 Å². The number of nitrogens with zero attached hydrogens (tertiary/aromatic N) is 1. The summed E-state index contributed by atoms with van der Waals surface area (Å²) in [5.74, 6) is 1.26. The highest BCUT2D eigenvalue weighted by molar-refractivity contribution is 5.83. The summed E-state index contributed by atoms with van der Waals surface area (Å²) in [5.41, 5.74) is 0. The first-order valence-corrected chi connectivity index (χ1v) is 10.1. The van der Waals surface area contributed by atoms with Crippen LogP contribution in [0.1, 0.15) is 110 Å². The summed E-state index contributed by atoms with van der Waals surface area (Å²) in [6.45, 7) is 5.48. The van der Waals surface area contributed by atoms with Crippen molar-refractivity contribution in [2.75, 3.05) is 6.54 Å². The molecule has 130 valence electrons. The topological polar surface area (TPSA) is 24.4 Å². The molecular formula is C20H40N2. The van der Waals surface area contributed by atoms with Crippen molar-refractivity contribution in [3.63, 3.8) is 0 Å². The molecule has 0 radical (unpaired) electrons. The number of nitrogens with one attached hydrogen (secondary N) is 1. The lowest BCUT2D eigenvalue weighted by atomic mass is 10.0. The van der Waals surface area contributed by atoms with Crippen LogP contribution in [-0.4, -0.2) is 18.4 Å². The maximum atomic E-state index is 4.52. The van der Waals surface area contributed by atoms with Crippen molar-refractivity contribution in [3.8, 4) is 0 Å². The Labute approximate surface area is 139 Å². The maximum Gasteiger partial charge on any atom is 0.0966 e. The molecular weight excluding hydrogens is 268 g/mol. The van der Waals surface area contributed by atoms with E-state index in [0.29, 0.717) is 6.04 Å². The van der Waals surface area contributed by atoms with Gasteiger partial charge in [-0.3, -0.25) is 4.99 Å². The van der Waals surface area contributed by atoms with Crippen molar-refractivity contribution in [2.24, 2.45) is 4.99 Å². The molecule has 1 N–H and O–H groups in total. The van der Waals surface area contributed by atoms with E-state index >= 15 is 0 Å². The second-order valence-corrected chi connectivity index (χ2v) is 7.18. The molecule has 0 aromatic rings. The summed E-state index contributed by atoms with van der Waals surface area (Å²) >= 11 is 0. The molecule has 1 aliphatic rings. The molecule has 2 nitrogen and oxygen atoms in total. The average molecular weight is 309 g/mol. The van der Waals surface area contributed by atoms with Crippen molar-refractivity contribution in [2.45, 2.75) is 116 Å². The molecule has 0 aliphatic carbocycles. The van der Waals surface area contributed by atoms with Gasteiger partial charge in [-0.1, -0.05) is 90.4 Å². The fourth-order valence-corrected chi connectivity index (χ4v) is 3.26. The third-order valence-corrected chi connectivity index (χ3v) is 4.74. The highest BCUT2D eigenvalue weighted by Crippen LogP contribution is 2.13. The molecule has 0 saturated carbocycles. The molecule has 1 heterocycles. The number of hydrogen-bond acceptors (Lipinski definition) is 2. The molecule has 0 saturated heterocycles. The second-order valence-electron chi connectivity index (χ2n) is 7.18. The van der Waals surface area contributed by atoms with Crippen LogP contribution in [0.3, 0.4) is 0 Å². The van der Waals surface area contributed by atoms with Gasteiger partial charge in [0.05, 0.1) is 12.4 Å². The third kappa shape index (κ3) is 11.1. The highest BCUT2D eigenvalue weighted by Gasteiger charge is 2.10. The smallest absolute Gasteiger partial charge is 0.0966 e. The van der Waals surface area contributed by atoms with Gasteiger partial charge in [-0.25, -0.2) is 0 Å². The molecule has 0 bridgehead atoms. The van der Waals surface area contributed by atoms with Crippen LogP contribution in [-0.2, 0) is 0 Å². The van der Waals surface area contributed by atoms with E-state index in [-0.39, 0.29) is 0 Å². The van der Waals surface area contributed by atoms with Crippen LogP contribution < -0.4 is 5.32 Å². The molecule has 1 atom stereocenters. The third-order valence-electron chi connectivity index (χ3n) is 4.74. The van der Waals surface area contributed by atoms with Gasteiger partial charge in [0.25, 0.3) is 0 Å². The van der Waals surface area contributed by atoms with Crippen LogP contribution in [0.5, 0.6) is 0 Å². The second kappa shape index (κ2) is 14.1. The highest BCUT2D eigenvalue weighted by atomic mass is 15.1. The zero-order chi connectivity index (χ0) is 15.9. The zero-order valence-electron chi connectivity index (χ0n) is 15.3. The van der Waals surface area contributed by atoms with E-state index in [2.05, 4.69) is 24.2 Å². The van der Waals surface area contributed by atoms with Gasteiger partial charge in [-0.15, -0.1) is 0 Å². The molecule has 22 heavy (non-hydrogen) atoms. The lowest BCUT2D eigenvalue weighted by molar-refractivity contribution is 0.536. The van der Waals surface area contributed by atoms with Gasteiger partial charge in [-0.2, -0.15) is 0 Å². The summed E-state index contributed by atoms with van der Waals surface area (Å²) < 4.78 is 0. The average Bonchev–Trinajstić information content (AvgIpc) is 2.93. The molecule has 0 fully saturated rings. The Bertz CT molecular complexity index is 273. The molecule has 0 aromatic heterocycles. The first-order valence-electron chi connectivity index (χ1n) is 10.1. The minimum atomic E-state index is 0.571. The molecule has 0 aromatic carbocycles.